The van der Waals surface area contributed by atoms with E-state index in [0.717, 1.165) is 0 Å². The van der Waals surface area contributed by atoms with Crippen LogP contribution in [0.3, 0.4) is 0 Å². The van der Waals surface area contributed by atoms with Gasteiger partial charge in [-0.25, -0.2) is 0 Å². The maximum absolute atomic E-state index is 12.8. The summed E-state index contributed by atoms with van der Waals surface area (Å²) < 4.78 is 5.43. The first kappa shape index (κ1) is 17.0. The highest BCUT2D eigenvalue weighted by Gasteiger charge is 2.49. The van der Waals surface area contributed by atoms with Crippen LogP contribution in [0.15, 0.2) is 0 Å². The third kappa shape index (κ3) is 3.14. The zero-order valence-corrected chi connectivity index (χ0v) is 13.7. The second-order valence-electron chi connectivity index (χ2n) is 6.76. The van der Waals surface area contributed by atoms with E-state index in [1.165, 1.54) is 0 Å². The quantitative estimate of drug-likeness (QED) is 0.833. The van der Waals surface area contributed by atoms with Crippen molar-refractivity contribution in [2.75, 3.05) is 13.7 Å². The Kier molecular flexibility index (Phi) is 4.85. The lowest BCUT2D eigenvalue weighted by atomic mass is 9.87. The van der Waals surface area contributed by atoms with Gasteiger partial charge in [-0.15, -0.1) is 0 Å². The van der Waals surface area contributed by atoms with Crippen LogP contribution in [0.1, 0.15) is 48.0 Å². The summed E-state index contributed by atoms with van der Waals surface area (Å²) in [5.41, 5.74) is -1.29. The van der Waals surface area contributed by atoms with Gasteiger partial charge in [0.1, 0.15) is 11.6 Å². The number of methoxy groups -OCH3 is 1. The van der Waals surface area contributed by atoms with Crippen LogP contribution >= 0.6 is 0 Å². The van der Waals surface area contributed by atoms with Crippen molar-refractivity contribution in [1.29, 1.82) is 0 Å². The molecule has 0 aromatic carbocycles. The maximum atomic E-state index is 12.8. The molecule has 2 amide bonds. The Bertz CT molecular complexity index is 393. The lowest BCUT2D eigenvalue weighted by Gasteiger charge is -2.47. The van der Waals surface area contributed by atoms with Crippen molar-refractivity contribution in [2.24, 2.45) is 5.92 Å². The Morgan fingerprint density at radius 1 is 1.40 bits per heavy atom. The van der Waals surface area contributed by atoms with Crippen LogP contribution in [0, 0.1) is 5.92 Å². The first-order valence-electron chi connectivity index (χ1n) is 7.26. The van der Waals surface area contributed by atoms with E-state index in [1.807, 2.05) is 34.6 Å². The number of nitrogens with zero attached hydrogens (tertiary/aromatic N) is 1. The molecule has 2 atom stereocenters. The highest BCUT2D eigenvalue weighted by Crippen LogP contribution is 2.27. The third-order valence-electron chi connectivity index (χ3n) is 4.18. The Morgan fingerprint density at radius 3 is 2.35 bits per heavy atom. The highest BCUT2D eigenvalue weighted by molar-refractivity contribution is 5.99. The summed E-state index contributed by atoms with van der Waals surface area (Å²) >= 11 is 0. The van der Waals surface area contributed by atoms with Gasteiger partial charge in [0.25, 0.3) is 0 Å². The van der Waals surface area contributed by atoms with Crippen LogP contribution in [0.2, 0.25) is 0 Å². The minimum absolute atomic E-state index is 0.0246. The summed E-state index contributed by atoms with van der Waals surface area (Å²) in [4.78, 5) is 26.9. The number of hydrogen-bond donors (Lipinski definition) is 1. The number of amides is 2. The highest BCUT2D eigenvalue weighted by atomic mass is 16.5. The predicted molar refractivity (Wildman–Crippen MR) is 78.3 cm³/mol. The molecule has 0 aromatic rings. The van der Waals surface area contributed by atoms with Crippen molar-refractivity contribution in [1.82, 2.24) is 10.2 Å². The van der Waals surface area contributed by atoms with Crippen molar-refractivity contribution in [2.45, 2.75) is 65.1 Å². The van der Waals surface area contributed by atoms with Gasteiger partial charge in [0.15, 0.2) is 0 Å². The lowest BCUT2D eigenvalue weighted by molar-refractivity contribution is -0.160. The zero-order valence-electron chi connectivity index (χ0n) is 13.7. The van der Waals surface area contributed by atoms with E-state index in [9.17, 15) is 9.59 Å². The Hall–Kier alpha value is -1.10. The molecule has 1 saturated heterocycles. The first-order valence-corrected chi connectivity index (χ1v) is 7.26. The molecule has 0 radical (unpaired) electrons. The Labute approximate surface area is 122 Å². The Morgan fingerprint density at radius 2 is 1.95 bits per heavy atom. The molecule has 0 saturated carbocycles. The number of hydrogen-bond acceptors (Lipinski definition) is 3. The molecule has 0 aliphatic carbocycles. The van der Waals surface area contributed by atoms with E-state index < -0.39 is 17.2 Å². The standard InChI is InChI=1S/C15H28N2O3/c1-8-15(6)13(19)17(9-14(4,5)20-7)11(10(2)3)12(18)16-15/h10-11H,8-9H2,1-7H3,(H,16,18). The van der Waals surface area contributed by atoms with Crippen molar-refractivity contribution >= 4 is 11.8 Å². The molecule has 116 valence electrons. The fourth-order valence-electron chi connectivity index (χ4n) is 2.53. The molecule has 20 heavy (non-hydrogen) atoms. The number of ether oxygens (including phenoxy) is 1. The zero-order chi connectivity index (χ0) is 15.7. The van der Waals surface area contributed by atoms with Gasteiger partial charge in [0.05, 0.1) is 12.1 Å². The van der Waals surface area contributed by atoms with E-state index in [2.05, 4.69) is 5.32 Å². The molecular formula is C15H28N2O3. The summed E-state index contributed by atoms with van der Waals surface area (Å²) in [6, 6.07) is -0.434. The molecule has 1 N–H and O–H groups in total. The largest absolute Gasteiger partial charge is 0.377 e. The second kappa shape index (κ2) is 5.72. The summed E-state index contributed by atoms with van der Waals surface area (Å²) in [6.45, 7) is 11.9. The fourth-order valence-corrected chi connectivity index (χ4v) is 2.53. The molecule has 1 rings (SSSR count). The topological polar surface area (TPSA) is 58.6 Å². The average Bonchev–Trinajstić information content (AvgIpc) is 2.34. The molecule has 1 fully saturated rings. The molecule has 5 heteroatoms. The molecule has 1 aliphatic rings. The average molecular weight is 284 g/mol. The number of nitrogens with one attached hydrogen (secondary N) is 1. The summed E-state index contributed by atoms with van der Waals surface area (Å²) in [7, 11) is 1.62. The first-order chi connectivity index (χ1) is 9.08. The maximum Gasteiger partial charge on any atom is 0.248 e. The van der Waals surface area contributed by atoms with Gasteiger partial charge in [-0.2, -0.15) is 0 Å². The number of piperazine rings is 1. The molecule has 1 heterocycles. The normalized spacial score (nSPS) is 28.0. The SMILES string of the molecule is CCC1(C)NC(=O)C(C(C)C)N(CC(C)(C)OC)C1=O. The molecule has 1 aliphatic heterocycles. The fraction of sp³-hybridized carbons (Fsp3) is 0.867. The van der Waals surface area contributed by atoms with Crippen molar-refractivity contribution in [3.8, 4) is 0 Å². The Balaban J connectivity index is 3.15. The van der Waals surface area contributed by atoms with Crippen LogP contribution in [0.4, 0.5) is 0 Å². The van der Waals surface area contributed by atoms with E-state index in [4.69, 9.17) is 4.74 Å². The van der Waals surface area contributed by atoms with Crippen LogP contribution in [0.25, 0.3) is 0 Å². The lowest BCUT2D eigenvalue weighted by Crippen LogP contribution is -2.71. The number of carbonyl (C=O) groups excluding carboxylic acids is 2. The molecule has 0 aromatic heterocycles. The molecule has 0 bridgehead atoms. The smallest absolute Gasteiger partial charge is 0.248 e. The molecular weight excluding hydrogens is 256 g/mol. The van der Waals surface area contributed by atoms with E-state index >= 15 is 0 Å². The summed E-state index contributed by atoms with van der Waals surface area (Å²) in [5, 5.41) is 2.89. The minimum Gasteiger partial charge on any atom is -0.377 e. The van der Waals surface area contributed by atoms with Gasteiger partial charge in [0.2, 0.25) is 11.8 Å². The van der Waals surface area contributed by atoms with Crippen LogP contribution in [-0.4, -0.2) is 47.6 Å². The summed E-state index contributed by atoms with van der Waals surface area (Å²) in [5.74, 6) is -0.0349. The van der Waals surface area contributed by atoms with Gasteiger partial charge < -0.3 is 15.0 Å². The number of rotatable bonds is 5. The van der Waals surface area contributed by atoms with Gasteiger partial charge in [0, 0.05) is 7.11 Å². The molecule has 2 unspecified atom stereocenters. The van der Waals surface area contributed by atoms with Gasteiger partial charge in [-0.3, -0.25) is 9.59 Å². The van der Waals surface area contributed by atoms with E-state index in [0.29, 0.717) is 13.0 Å². The number of carbonyl (C=O) groups is 2. The molecule has 5 nitrogen and oxygen atoms in total. The predicted octanol–water partition coefficient (Wildman–Crippen LogP) is 1.56. The second-order valence-corrected chi connectivity index (χ2v) is 6.76. The van der Waals surface area contributed by atoms with Crippen molar-refractivity contribution in [3.05, 3.63) is 0 Å². The monoisotopic (exact) mass is 284 g/mol. The van der Waals surface area contributed by atoms with Crippen molar-refractivity contribution < 1.29 is 14.3 Å². The van der Waals surface area contributed by atoms with Crippen LogP contribution < -0.4 is 5.32 Å². The minimum atomic E-state index is -0.813. The van der Waals surface area contributed by atoms with Gasteiger partial charge in [-0.1, -0.05) is 20.8 Å². The van der Waals surface area contributed by atoms with Gasteiger partial charge in [-0.05, 0) is 33.1 Å². The van der Waals surface area contributed by atoms with Crippen molar-refractivity contribution in [3.63, 3.8) is 0 Å². The van der Waals surface area contributed by atoms with Crippen LogP contribution in [-0.2, 0) is 14.3 Å². The molecule has 0 spiro atoms. The third-order valence-corrected chi connectivity index (χ3v) is 4.18. The van der Waals surface area contributed by atoms with E-state index in [1.54, 1.807) is 18.9 Å². The van der Waals surface area contributed by atoms with E-state index in [-0.39, 0.29) is 17.7 Å². The summed E-state index contributed by atoms with van der Waals surface area (Å²) in [6.07, 6.45) is 0.576. The van der Waals surface area contributed by atoms with Crippen LogP contribution in [0.5, 0.6) is 0 Å². The van der Waals surface area contributed by atoms with Gasteiger partial charge >= 0.3 is 0 Å².